The zero-order valence-corrected chi connectivity index (χ0v) is 20.0. The number of rotatable bonds is 6. The second-order valence-corrected chi connectivity index (χ2v) is 9.66. The van der Waals surface area contributed by atoms with E-state index < -0.39 is 0 Å². The van der Waals surface area contributed by atoms with Gasteiger partial charge in [-0.2, -0.15) is 10.2 Å². The Morgan fingerprint density at radius 1 is 1.29 bits per heavy atom. The van der Waals surface area contributed by atoms with E-state index in [1.165, 1.54) is 4.88 Å². The van der Waals surface area contributed by atoms with Crippen molar-refractivity contribution in [2.75, 3.05) is 18.4 Å². The largest absolute Gasteiger partial charge is 0.437 e. The fourth-order valence-corrected chi connectivity index (χ4v) is 4.82. The Morgan fingerprint density at radius 2 is 2.03 bits per heavy atom. The molecule has 0 bridgehead atoms. The van der Waals surface area contributed by atoms with Crippen LogP contribution in [-0.2, 0) is 6.54 Å². The topological polar surface area (TPSA) is 74.1 Å². The van der Waals surface area contributed by atoms with E-state index in [1.807, 2.05) is 37.3 Å². The number of benzene rings is 1. The number of hydrogen-bond acceptors (Lipinski definition) is 7. The highest BCUT2D eigenvalue weighted by Gasteiger charge is 2.21. The van der Waals surface area contributed by atoms with Crippen molar-refractivity contribution in [1.29, 1.82) is 5.26 Å². The Morgan fingerprint density at radius 3 is 2.68 bits per heavy atom. The van der Waals surface area contributed by atoms with Crippen LogP contribution in [0.15, 0.2) is 40.3 Å². The summed E-state index contributed by atoms with van der Waals surface area (Å²) in [7, 11) is 0. The van der Waals surface area contributed by atoms with Crippen LogP contribution in [0.4, 0.5) is 5.95 Å². The van der Waals surface area contributed by atoms with Gasteiger partial charge in [-0.25, -0.2) is 4.98 Å². The number of aromatic nitrogens is 2. The number of nitrogens with one attached hydrogen (secondary N) is 1. The van der Waals surface area contributed by atoms with E-state index in [2.05, 4.69) is 59.7 Å². The molecule has 8 heteroatoms. The lowest BCUT2D eigenvalue weighted by molar-refractivity contribution is 0.212. The minimum absolute atomic E-state index is 0.340. The standard InChI is InChI=1S/C23H24BrN5OS/c1-15-10-17(12-25)11-16(2)21(15)30-22-20(24)13-26-23(28-22)27-18-5-7-29(8-6-18)14-19-4-3-9-31-19/h3-4,9-11,13,18H,5-8,14H2,1-2H3,(H,26,27,28). The van der Waals surface area contributed by atoms with Crippen molar-refractivity contribution >= 4 is 33.2 Å². The van der Waals surface area contributed by atoms with Crippen LogP contribution >= 0.6 is 27.3 Å². The molecule has 3 aromatic rings. The van der Waals surface area contributed by atoms with Crippen molar-refractivity contribution in [3.8, 4) is 17.7 Å². The number of likely N-dealkylation sites (tertiary alicyclic amines) is 1. The lowest BCUT2D eigenvalue weighted by atomic mass is 10.1. The number of anilines is 1. The molecule has 4 rings (SSSR count). The van der Waals surface area contributed by atoms with Gasteiger partial charge in [0.05, 0.1) is 22.3 Å². The maximum atomic E-state index is 9.15. The maximum Gasteiger partial charge on any atom is 0.238 e. The highest BCUT2D eigenvalue weighted by atomic mass is 79.9. The van der Waals surface area contributed by atoms with Crippen molar-refractivity contribution in [1.82, 2.24) is 14.9 Å². The van der Waals surface area contributed by atoms with Gasteiger partial charge in [-0.15, -0.1) is 11.3 Å². The van der Waals surface area contributed by atoms with Gasteiger partial charge in [0.25, 0.3) is 0 Å². The molecule has 6 nitrogen and oxygen atoms in total. The van der Waals surface area contributed by atoms with Gasteiger partial charge >= 0.3 is 0 Å². The maximum absolute atomic E-state index is 9.15. The van der Waals surface area contributed by atoms with Crippen LogP contribution in [0.5, 0.6) is 11.6 Å². The van der Waals surface area contributed by atoms with Crippen LogP contribution in [0, 0.1) is 25.2 Å². The molecule has 0 radical (unpaired) electrons. The summed E-state index contributed by atoms with van der Waals surface area (Å²) in [6, 6.07) is 10.5. The first kappa shape index (κ1) is 21.8. The molecule has 0 spiro atoms. The van der Waals surface area contributed by atoms with E-state index in [0.29, 0.717) is 33.7 Å². The van der Waals surface area contributed by atoms with Crippen LogP contribution in [0.1, 0.15) is 34.4 Å². The lowest BCUT2D eigenvalue weighted by Crippen LogP contribution is -2.38. The highest BCUT2D eigenvalue weighted by Crippen LogP contribution is 2.33. The Bertz CT molecular complexity index is 1060. The number of ether oxygens (including phenoxy) is 1. The van der Waals surface area contributed by atoms with Crippen LogP contribution in [0.25, 0.3) is 0 Å². The minimum Gasteiger partial charge on any atom is -0.437 e. The zero-order valence-electron chi connectivity index (χ0n) is 17.6. The number of aryl methyl sites for hydroxylation is 2. The Hall–Kier alpha value is -2.47. The van der Waals surface area contributed by atoms with E-state index >= 15 is 0 Å². The Balaban J connectivity index is 1.40. The highest BCUT2D eigenvalue weighted by molar-refractivity contribution is 9.10. The molecule has 1 aromatic carbocycles. The first-order chi connectivity index (χ1) is 15.0. The van der Waals surface area contributed by atoms with Gasteiger partial charge in [0, 0.05) is 30.6 Å². The van der Waals surface area contributed by atoms with Gasteiger partial charge in [0.2, 0.25) is 11.8 Å². The second-order valence-electron chi connectivity index (χ2n) is 7.77. The third kappa shape index (κ3) is 5.42. The predicted octanol–water partition coefficient (Wildman–Crippen LogP) is 5.66. The van der Waals surface area contributed by atoms with Gasteiger partial charge in [-0.1, -0.05) is 6.07 Å². The summed E-state index contributed by atoms with van der Waals surface area (Å²) in [6.07, 6.45) is 3.81. The van der Waals surface area contributed by atoms with Crippen molar-refractivity contribution in [3.63, 3.8) is 0 Å². The molecule has 0 amide bonds. The molecule has 1 fully saturated rings. The average Bonchev–Trinajstić information content (AvgIpc) is 3.27. The summed E-state index contributed by atoms with van der Waals surface area (Å²) in [5.74, 6) is 1.74. The van der Waals surface area contributed by atoms with E-state index in [9.17, 15) is 0 Å². The monoisotopic (exact) mass is 497 g/mol. The summed E-state index contributed by atoms with van der Waals surface area (Å²) in [6.45, 7) is 7.00. The van der Waals surface area contributed by atoms with E-state index in [1.54, 1.807) is 6.20 Å². The van der Waals surface area contributed by atoms with Crippen molar-refractivity contribution in [2.45, 2.75) is 39.3 Å². The molecule has 3 heterocycles. The number of thiophene rings is 1. The molecule has 0 atom stereocenters. The third-order valence-electron chi connectivity index (χ3n) is 5.38. The molecule has 0 aliphatic carbocycles. The van der Waals surface area contributed by atoms with Crippen LogP contribution in [0.2, 0.25) is 0 Å². The fourth-order valence-electron chi connectivity index (χ4n) is 3.81. The zero-order chi connectivity index (χ0) is 21.8. The van der Waals surface area contributed by atoms with E-state index in [0.717, 1.165) is 43.6 Å². The van der Waals surface area contributed by atoms with Gasteiger partial charge in [0.1, 0.15) is 5.75 Å². The molecular weight excluding hydrogens is 474 g/mol. The summed E-state index contributed by atoms with van der Waals surface area (Å²) in [5.41, 5.74) is 2.42. The first-order valence-electron chi connectivity index (χ1n) is 10.2. The molecule has 1 aliphatic heterocycles. The molecule has 2 aromatic heterocycles. The number of nitriles is 1. The SMILES string of the molecule is Cc1cc(C#N)cc(C)c1Oc1nc(NC2CCN(Cc3cccs3)CC2)ncc1Br. The van der Waals surface area contributed by atoms with Gasteiger partial charge < -0.3 is 10.1 Å². The molecular formula is C23H24BrN5OS. The number of hydrogen-bond donors (Lipinski definition) is 1. The minimum atomic E-state index is 0.340. The number of piperidine rings is 1. The predicted molar refractivity (Wildman–Crippen MR) is 127 cm³/mol. The van der Waals surface area contributed by atoms with Crippen LogP contribution < -0.4 is 10.1 Å². The quantitative estimate of drug-likeness (QED) is 0.473. The molecule has 1 saturated heterocycles. The Labute approximate surface area is 195 Å². The summed E-state index contributed by atoms with van der Waals surface area (Å²) in [5, 5.41) is 14.8. The average molecular weight is 498 g/mol. The lowest BCUT2D eigenvalue weighted by Gasteiger charge is -2.32. The van der Waals surface area contributed by atoms with Gasteiger partial charge in [-0.3, -0.25) is 4.90 Å². The summed E-state index contributed by atoms with van der Waals surface area (Å²) < 4.78 is 6.81. The molecule has 0 saturated carbocycles. The fraction of sp³-hybridized carbons (Fsp3) is 0.348. The Kier molecular flexibility index (Phi) is 6.86. The smallest absolute Gasteiger partial charge is 0.238 e. The molecule has 31 heavy (non-hydrogen) atoms. The van der Waals surface area contributed by atoms with Crippen molar-refractivity contribution in [3.05, 3.63) is 61.9 Å². The molecule has 1 aliphatic rings. The van der Waals surface area contributed by atoms with Crippen LogP contribution in [0.3, 0.4) is 0 Å². The molecule has 0 unspecified atom stereocenters. The third-order valence-corrected chi connectivity index (χ3v) is 6.79. The van der Waals surface area contributed by atoms with E-state index in [-0.39, 0.29) is 0 Å². The molecule has 160 valence electrons. The van der Waals surface area contributed by atoms with Gasteiger partial charge in [-0.05, 0) is 77.3 Å². The second kappa shape index (κ2) is 9.77. The van der Waals surface area contributed by atoms with Crippen molar-refractivity contribution in [2.24, 2.45) is 0 Å². The first-order valence-corrected chi connectivity index (χ1v) is 11.9. The summed E-state index contributed by atoms with van der Waals surface area (Å²) in [4.78, 5) is 12.9. The number of halogens is 1. The van der Waals surface area contributed by atoms with Gasteiger partial charge in [0.15, 0.2) is 0 Å². The van der Waals surface area contributed by atoms with E-state index in [4.69, 9.17) is 10.00 Å². The number of nitrogens with zero attached hydrogens (tertiary/aromatic N) is 4. The summed E-state index contributed by atoms with van der Waals surface area (Å²) >= 11 is 5.31. The van der Waals surface area contributed by atoms with Crippen LogP contribution in [-0.4, -0.2) is 34.0 Å². The normalized spacial score (nSPS) is 14.9. The molecule has 1 N–H and O–H groups in total. The van der Waals surface area contributed by atoms with Crippen molar-refractivity contribution < 1.29 is 4.74 Å².